The first-order valence-electron chi connectivity index (χ1n) is 6.05. The van der Waals surface area contributed by atoms with Gasteiger partial charge in [-0.25, -0.2) is 4.39 Å². The topological polar surface area (TPSA) is 29.1 Å². The zero-order valence-electron chi connectivity index (χ0n) is 10.4. The van der Waals surface area contributed by atoms with E-state index in [1.807, 2.05) is 6.92 Å². The predicted molar refractivity (Wildman–Crippen MR) is 70.0 cm³/mol. The van der Waals surface area contributed by atoms with Crippen LogP contribution in [0.4, 0.5) is 4.39 Å². The molecule has 2 nitrogen and oxygen atoms in total. The van der Waals surface area contributed by atoms with E-state index in [2.05, 4.69) is 12.2 Å². The lowest BCUT2D eigenvalue weighted by molar-refractivity contribution is 0.524. The van der Waals surface area contributed by atoms with E-state index < -0.39 is 10.8 Å². The number of rotatable bonds is 7. The van der Waals surface area contributed by atoms with Gasteiger partial charge in [0, 0.05) is 11.8 Å². The number of nitrogens with one attached hydrogen (secondary N) is 1. The van der Waals surface area contributed by atoms with Crippen molar-refractivity contribution < 1.29 is 8.60 Å². The van der Waals surface area contributed by atoms with Crippen LogP contribution >= 0.6 is 0 Å². The molecular formula is C13H20FNOS. The van der Waals surface area contributed by atoms with Gasteiger partial charge >= 0.3 is 0 Å². The molecule has 0 bridgehead atoms. The van der Waals surface area contributed by atoms with Gasteiger partial charge in [-0.2, -0.15) is 0 Å². The van der Waals surface area contributed by atoms with Gasteiger partial charge in [-0.15, -0.1) is 0 Å². The molecule has 1 rings (SSSR count). The molecule has 1 aromatic carbocycles. The molecule has 0 fully saturated rings. The second-order valence-electron chi connectivity index (χ2n) is 3.99. The summed E-state index contributed by atoms with van der Waals surface area (Å²) in [6.07, 6.45) is 2.00. The van der Waals surface area contributed by atoms with Crippen LogP contribution in [0.5, 0.6) is 0 Å². The Morgan fingerprint density at radius 2 is 2.06 bits per heavy atom. The van der Waals surface area contributed by atoms with Crippen molar-refractivity contribution in [2.24, 2.45) is 0 Å². The molecular weight excluding hydrogens is 237 g/mol. The third-order valence-electron chi connectivity index (χ3n) is 2.56. The molecule has 1 aromatic rings. The molecule has 0 aromatic heterocycles. The molecule has 0 spiro atoms. The first-order valence-corrected chi connectivity index (χ1v) is 7.37. The molecule has 1 N–H and O–H groups in total. The van der Waals surface area contributed by atoms with Crippen molar-refractivity contribution in [2.75, 3.05) is 12.3 Å². The van der Waals surface area contributed by atoms with E-state index in [1.165, 1.54) is 6.07 Å². The predicted octanol–water partition coefficient (Wildman–Crippen LogP) is 2.71. The zero-order valence-corrected chi connectivity index (χ0v) is 11.2. The minimum absolute atomic E-state index is 0.199. The van der Waals surface area contributed by atoms with Gasteiger partial charge in [0.25, 0.3) is 0 Å². The molecule has 0 aliphatic rings. The van der Waals surface area contributed by atoms with Crippen LogP contribution in [0.15, 0.2) is 29.2 Å². The summed E-state index contributed by atoms with van der Waals surface area (Å²) in [6, 6.07) is 6.49. The summed E-state index contributed by atoms with van der Waals surface area (Å²) >= 11 is 0. The van der Waals surface area contributed by atoms with Gasteiger partial charge in [-0.3, -0.25) is 4.21 Å². The molecule has 2 unspecified atom stereocenters. The molecule has 17 heavy (non-hydrogen) atoms. The van der Waals surface area contributed by atoms with Crippen LogP contribution in [0.1, 0.15) is 26.7 Å². The van der Waals surface area contributed by atoms with E-state index in [0.29, 0.717) is 10.6 Å². The average molecular weight is 257 g/mol. The van der Waals surface area contributed by atoms with Crippen LogP contribution in [0.3, 0.4) is 0 Å². The van der Waals surface area contributed by atoms with Crippen molar-refractivity contribution in [3.8, 4) is 0 Å². The fourth-order valence-corrected chi connectivity index (χ4v) is 3.13. The van der Waals surface area contributed by atoms with Crippen LogP contribution in [-0.2, 0) is 10.8 Å². The van der Waals surface area contributed by atoms with Gasteiger partial charge in [0.15, 0.2) is 0 Å². The SMILES string of the molecule is CCCC(CS(=O)c1ccccc1F)NCC. The number of hydrogen-bond donors (Lipinski definition) is 1. The highest BCUT2D eigenvalue weighted by atomic mass is 32.2. The zero-order chi connectivity index (χ0) is 12.7. The molecule has 0 aliphatic heterocycles. The lowest BCUT2D eigenvalue weighted by atomic mass is 10.2. The van der Waals surface area contributed by atoms with Crippen molar-refractivity contribution in [1.82, 2.24) is 5.32 Å². The summed E-state index contributed by atoms with van der Waals surface area (Å²) in [4.78, 5) is 0.312. The third-order valence-corrected chi connectivity index (χ3v) is 4.09. The molecule has 4 heteroatoms. The Labute approximate surface area is 105 Å². The Morgan fingerprint density at radius 3 is 2.65 bits per heavy atom. The number of halogens is 1. The quantitative estimate of drug-likeness (QED) is 0.813. The lowest BCUT2D eigenvalue weighted by Gasteiger charge is -2.16. The van der Waals surface area contributed by atoms with Crippen molar-refractivity contribution in [2.45, 2.75) is 37.6 Å². The van der Waals surface area contributed by atoms with Crippen LogP contribution in [0, 0.1) is 5.82 Å². The van der Waals surface area contributed by atoms with Crippen LogP contribution in [0.2, 0.25) is 0 Å². The van der Waals surface area contributed by atoms with Crippen LogP contribution < -0.4 is 5.32 Å². The highest BCUT2D eigenvalue weighted by molar-refractivity contribution is 7.85. The van der Waals surface area contributed by atoms with Crippen molar-refractivity contribution in [1.29, 1.82) is 0 Å². The Morgan fingerprint density at radius 1 is 1.35 bits per heavy atom. The van der Waals surface area contributed by atoms with E-state index in [4.69, 9.17) is 0 Å². The van der Waals surface area contributed by atoms with Gasteiger partial charge < -0.3 is 5.32 Å². The minimum atomic E-state index is -1.27. The molecule has 0 amide bonds. The van der Waals surface area contributed by atoms with E-state index in [9.17, 15) is 8.60 Å². The summed E-state index contributed by atoms with van der Waals surface area (Å²) < 4.78 is 25.5. The fraction of sp³-hybridized carbons (Fsp3) is 0.538. The maximum Gasteiger partial charge on any atom is 0.139 e. The number of benzene rings is 1. The Balaban J connectivity index is 2.67. The van der Waals surface area contributed by atoms with Crippen molar-refractivity contribution in [3.05, 3.63) is 30.1 Å². The normalized spacial score (nSPS) is 14.5. The lowest BCUT2D eigenvalue weighted by Crippen LogP contribution is -2.33. The molecule has 0 radical (unpaired) electrons. The summed E-state index contributed by atoms with van der Waals surface area (Å²) in [5.41, 5.74) is 0. The molecule has 0 heterocycles. The molecule has 0 saturated carbocycles. The van der Waals surface area contributed by atoms with E-state index >= 15 is 0 Å². The summed E-state index contributed by atoms with van der Waals surface area (Å²) in [5, 5.41) is 3.29. The highest BCUT2D eigenvalue weighted by Gasteiger charge is 2.14. The van der Waals surface area contributed by atoms with Crippen LogP contribution in [-0.4, -0.2) is 22.5 Å². The second kappa shape index (κ2) is 7.56. The van der Waals surface area contributed by atoms with Gasteiger partial charge in [0.05, 0.1) is 15.7 Å². The summed E-state index contributed by atoms with van der Waals surface area (Å²) in [5.74, 6) is 0.0976. The second-order valence-corrected chi connectivity index (χ2v) is 5.45. The average Bonchev–Trinajstić information content (AvgIpc) is 2.30. The van der Waals surface area contributed by atoms with E-state index in [0.717, 1.165) is 19.4 Å². The molecule has 0 saturated heterocycles. The highest BCUT2D eigenvalue weighted by Crippen LogP contribution is 2.13. The fourth-order valence-electron chi connectivity index (χ4n) is 1.78. The number of hydrogen-bond acceptors (Lipinski definition) is 2. The first kappa shape index (κ1) is 14.3. The van der Waals surface area contributed by atoms with Gasteiger partial charge in [-0.1, -0.05) is 32.4 Å². The summed E-state index contributed by atoms with van der Waals surface area (Å²) in [6.45, 7) is 4.96. The maximum absolute atomic E-state index is 13.4. The maximum atomic E-state index is 13.4. The van der Waals surface area contributed by atoms with Crippen molar-refractivity contribution in [3.63, 3.8) is 0 Å². The smallest absolute Gasteiger partial charge is 0.139 e. The largest absolute Gasteiger partial charge is 0.313 e. The minimum Gasteiger partial charge on any atom is -0.313 e. The molecule has 2 atom stereocenters. The van der Waals surface area contributed by atoms with E-state index in [1.54, 1.807) is 18.2 Å². The Hall–Kier alpha value is -0.740. The Bertz CT molecular complexity index is 364. The standard InChI is InChI=1S/C13H20FNOS/c1-3-7-11(15-4-2)10-17(16)13-9-6-5-8-12(13)14/h5-6,8-9,11,15H,3-4,7,10H2,1-2H3. The van der Waals surface area contributed by atoms with Crippen molar-refractivity contribution >= 4 is 10.8 Å². The monoisotopic (exact) mass is 257 g/mol. The Kier molecular flexibility index (Phi) is 6.37. The summed E-state index contributed by atoms with van der Waals surface area (Å²) in [7, 11) is -1.27. The van der Waals surface area contributed by atoms with Gasteiger partial charge in [0.1, 0.15) is 5.82 Å². The first-order chi connectivity index (χ1) is 8.19. The third kappa shape index (κ3) is 4.56. The molecule has 96 valence electrons. The molecule has 0 aliphatic carbocycles. The van der Waals surface area contributed by atoms with Gasteiger partial charge in [-0.05, 0) is 25.1 Å². The van der Waals surface area contributed by atoms with Crippen LogP contribution in [0.25, 0.3) is 0 Å². The van der Waals surface area contributed by atoms with E-state index in [-0.39, 0.29) is 11.9 Å². The van der Waals surface area contributed by atoms with Gasteiger partial charge in [0.2, 0.25) is 0 Å².